The van der Waals surface area contributed by atoms with E-state index in [4.69, 9.17) is 23.2 Å². The summed E-state index contributed by atoms with van der Waals surface area (Å²) in [5, 5.41) is 13.8. The molecule has 9 heteroatoms. The summed E-state index contributed by atoms with van der Waals surface area (Å²) in [6.45, 7) is 6.08. The highest BCUT2D eigenvalue weighted by molar-refractivity contribution is 7.98. The molecular formula is C29H29Cl2FN4OS. The molecule has 1 atom stereocenters. The lowest BCUT2D eigenvalue weighted by atomic mass is 9.91. The average molecular weight is 572 g/mol. The van der Waals surface area contributed by atoms with E-state index in [9.17, 15) is 9.18 Å². The molecule has 0 spiro atoms. The number of aromatic nitrogens is 3. The number of hydrogen-bond acceptors (Lipinski definition) is 4. The molecule has 5 nitrogen and oxygen atoms in total. The van der Waals surface area contributed by atoms with Crippen molar-refractivity contribution in [2.45, 2.75) is 50.6 Å². The molecule has 4 rings (SSSR count). The lowest BCUT2D eigenvalue weighted by Crippen LogP contribution is -2.34. The van der Waals surface area contributed by atoms with Crippen LogP contribution in [-0.2, 0) is 17.0 Å². The first kappa shape index (κ1) is 28.1. The summed E-state index contributed by atoms with van der Waals surface area (Å²) in [7, 11) is 0. The van der Waals surface area contributed by atoms with Gasteiger partial charge in [0.2, 0.25) is 5.91 Å². The number of carbonyl (C=O) groups is 1. The summed E-state index contributed by atoms with van der Waals surface area (Å²) in [6, 6.07) is 21.0. The van der Waals surface area contributed by atoms with Crippen molar-refractivity contribution in [2.24, 2.45) is 5.41 Å². The molecule has 0 saturated carbocycles. The van der Waals surface area contributed by atoms with Gasteiger partial charge in [0.25, 0.3) is 0 Å². The van der Waals surface area contributed by atoms with Crippen LogP contribution in [0.1, 0.15) is 50.2 Å². The molecule has 4 aromatic rings. The maximum Gasteiger partial charge on any atom is 0.221 e. The van der Waals surface area contributed by atoms with Crippen molar-refractivity contribution in [3.63, 3.8) is 0 Å². The zero-order valence-corrected chi connectivity index (χ0v) is 23.7. The van der Waals surface area contributed by atoms with Crippen molar-refractivity contribution in [3.05, 3.63) is 106 Å². The van der Waals surface area contributed by atoms with Gasteiger partial charge in [0, 0.05) is 17.2 Å². The van der Waals surface area contributed by atoms with Crippen LogP contribution in [0.15, 0.2) is 78.0 Å². The molecule has 1 amide bonds. The maximum absolute atomic E-state index is 13.4. The molecule has 0 saturated heterocycles. The summed E-state index contributed by atoms with van der Waals surface area (Å²) in [5.41, 5.74) is 2.46. The Morgan fingerprint density at radius 3 is 2.37 bits per heavy atom. The minimum Gasteiger partial charge on any atom is -0.346 e. The molecule has 198 valence electrons. The zero-order chi connectivity index (χ0) is 27.3. The van der Waals surface area contributed by atoms with Crippen LogP contribution in [0.5, 0.6) is 0 Å². The normalized spacial score (nSPS) is 12.4. The number of carbonyl (C=O) groups excluding carboxylic acids is 1. The lowest BCUT2D eigenvalue weighted by Gasteiger charge is -2.23. The number of nitrogens with one attached hydrogen (secondary N) is 1. The highest BCUT2D eigenvalue weighted by Crippen LogP contribution is 2.33. The Balaban J connectivity index is 1.75. The van der Waals surface area contributed by atoms with E-state index in [1.165, 1.54) is 23.9 Å². The molecule has 0 aliphatic heterocycles. The second kappa shape index (κ2) is 12.3. The zero-order valence-electron chi connectivity index (χ0n) is 21.4. The Labute approximate surface area is 236 Å². The summed E-state index contributed by atoms with van der Waals surface area (Å²) in [6.07, 6.45) is 0.878. The van der Waals surface area contributed by atoms with Crippen molar-refractivity contribution in [1.29, 1.82) is 0 Å². The Kier molecular flexibility index (Phi) is 9.13. The van der Waals surface area contributed by atoms with Gasteiger partial charge in [-0.05, 0) is 53.3 Å². The first-order valence-electron chi connectivity index (χ1n) is 12.2. The molecule has 1 N–H and O–H groups in total. The molecule has 3 aromatic carbocycles. The molecular weight excluding hydrogens is 542 g/mol. The average Bonchev–Trinajstić information content (AvgIpc) is 3.26. The number of benzene rings is 3. The van der Waals surface area contributed by atoms with Crippen LogP contribution in [0, 0.1) is 11.2 Å². The smallest absolute Gasteiger partial charge is 0.221 e. The van der Waals surface area contributed by atoms with Gasteiger partial charge in [-0.1, -0.05) is 98.2 Å². The quantitative estimate of drug-likeness (QED) is 0.208. The van der Waals surface area contributed by atoms with Crippen molar-refractivity contribution in [1.82, 2.24) is 20.1 Å². The van der Waals surface area contributed by atoms with E-state index in [0.717, 1.165) is 11.1 Å². The Morgan fingerprint density at radius 1 is 1.00 bits per heavy atom. The van der Waals surface area contributed by atoms with Crippen molar-refractivity contribution >= 4 is 40.9 Å². The van der Waals surface area contributed by atoms with E-state index < -0.39 is 6.04 Å². The van der Waals surface area contributed by atoms with Gasteiger partial charge < -0.3 is 5.32 Å². The fourth-order valence-electron chi connectivity index (χ4n) is 4.00. The summed E-state index contributed by atoms with van der Waals surface area (Å²) < 4.78 is 15.3. The lowest BCUT2D eigenvalue weighted by molar-refractivity contribution is -0.123. The van der Waals surface area contributed by atoms with Gasteiger partial charge >= 0.3 is 0 Å². The fourth-order valence-corrected chi connectivity index (χ4v) is 5.40. The van der Waals surface area contributed by atoms with Crippen molar-refractivity contribution in [2.75, 3.05) is 0 Å². The molecule has 1 aromatic heterocycles. The predicted octanol–water partition coefficient (Wildman–Crippen LogP) is 7.84. The van der Waals surface area contributed by atoms with Crippen LogP contribution in [0.25, 0.3) is 5.69 Å². The van der Waals surface area contributed by atoms with Crippen LogP contribution in [0.4, 0.5) is 4.39 Å². The third kappa shape index (κ3) is 7.59. The van der Waals surface area contributed by atoms with Crippen LogP contribution in [-0.4, -0.2) is 20.7 Å². The minimum atomic E-state index is -0.466. The second-order valence-electron chi connectivity index (χ2n) is 10.2. The monoisotopic (exact) mass is 570 g/mol. The SMILES string of the molecule is CC(C)(C)CC(=O)NC(Cc1ccccc1)c1nnc(SCc2ccc(F)cc2)n1-c1ccc(Cl)cc1Cl. The first-order chi connectivity index (χ1) is 18.1. The fraction of sp³-hybridized carbons (Fsp3) is 0.276. The van der Waals surface area contributed by atoms with Crippen LogP contribution in [0.3, 0.4) is 0 Å². The summed E-state index contributed by atoms with van der Waals surface area (Å²) in [4.78, 5) is 13.1. The predicted molar refractivity (Wildman–Crippen MR) is 152 cm³/mol. The van der Waals surface area contributed by atoms with Gasteiger partial charge in [-0.15, -0.1) is 10.2 Å². The topological polar surface area (TPSA) is 59.8 Å². The number of halogens is 3. The van der Waals surface area contributed by atoms with Crippen LogP contribution < -0.4 is 5.32 Å². The number of thioether (sulfide) groups is 1. The molecule has 0 fully saturated rings. The van der Waals surface area contributed by atoms with E-state index >= 15 is 0 Å². The third-order valence-electron chi connectivity index (χ3n) is 5.71. The van der Waals surface area contributed by atoms with E-state index in [2.05, 4.69) is 15.5 Å². The number of hydrogen-bond donors (Lipinski definition) is 1. The summed E-state index contributed by atoms with van der Waals surface area (Å²) >= 11 is 14.3. The number of amides is 1. The molecule has 1 heterocycles. The van der Waals surface area contributed by atoms with E-state index in [1.54, 1.807) is 24.3 Å². The van der Waals surface area contributed by atoms with Gasteiger partial charge in [0.1, 0.15) is 5.82 Å². The van der Waals surface area contributed by atoms with Gasteiger partial charge in [-0.25, -0.2) is 4.39 Å². The van der Waals surface area contributed by atoms with Crippen molar-refractivity contribution < 1.29 is 9.18 Å². The third-order valence-corrected chi connectivity index (χ3v) is 7.25. The van der Waals surface area contributed by atoms with Crippen LogP contribution in [0.2, 0.25) is 10.0 Å². The van der Waals surface area contributed by atoms with Gasteiger partial charge in [-0.3, -0.25) is 9.36 Å². The summed E-state index contributed by atoms with van der Waals surface area (Å²) in [5.74, 6) is 0.744. The Bertz CT molecular complexity index is 1390. The molecule has 0 radical (unpaired) electrons. The largest absolute Gasteiger partial charge is 0.346 e. The number of rotatable bonds is 9. The minimum absolute atomic E-state index is 0.0734. The molecule has 1 unspecified atom stereocenters. The molecule has 38 heavy (non-hydrogen) atoms. The molecule has 0 aliphatic rings. The molecule has 0 aliphatic carbocycles. The highest BCUT2D eigenvalue weighted by atomic mass is 35.5. The number of nitrogens with zero attached hydrogens (tertiary/aromatic N) is 3. The first-order valence-corrected chi connectivity index (χ1v) is 13.9. The van der Waals surface area contributed by atoms with Gasteiger partial charge in [-0.2, -0.15) is 0 Å². The van der Waals surface area contributed by atoms with Crippen molar-refractivity contribution in [3.8, 4) is 5.69 Å². The van der Waals surface area contributed by atoms with E-state index in [1.807, 2.05) is 61.7 Å². The molecule has 0 bridgehead atoms. The van der Waals surface area contributed by atoms with E-state index in [-0.39, 0.29) is 17.1 Å². The van der Waals surface area contributed by atoms with Gasteiger partial charge in [0.15, 0.2) is 11.0 Å². The standard InChI is InChI=1S/C29H29Cl2FN4OS/c1-29(2,3)17-26(37)33-24(15-19-7-5-4-6-8-19)27-34-35-28(38-18-20-9-12-22(32)13-10-20)36(27)25-14-11-21(30)16-23(25)31/h4-14,16,24H,15,17-18H2,1-3H3,(H,33,37). The van der Waals surface area contributed by atoms with Gasteiger partial charge in [0.05, 0.1) is 16.8 Å². The second-order valence-corrected chi connectivity index (χ2v) is 12.0. The van der Waals surface area contributed by atoms with Crippen LogP contribution >= 0.6 is 35.0 Å². The maximum atomic E-state index is 13.4. The highest BCUT2D eigenvalue weighted by Gasteiger charge is 2.27. The Morgan fingerprint density at radius 2 is 1.71 bits per heavy atom. The Hall–Kier alpha value is -2.87. The van der Waals surface area contributed by atoms with E-state index in [0.29, 0.717) is 45.3 Å².